The summed E-state index contributed by atoms with van der Waals surface area (Å²) in [5, 5.41) is 0. The number of hydrogen-bond donors (Lipinski definition) is 1. The fourth-order valence-electron chi connectivity index (χ4n) is 1.29. The Morgan fingerprint density at radius 2 is 2.06 bits per heavy atom. The standard InChI is InChI=1S/C9H7F5N2O2/c10-8(11)7-5(3-17)4(1-15)6(2-16-7)18-9(12,13)14/h2-3,8H,1,15H2. The van der Waals surface area contributed by atoms with Crippen molar-refractivity contribution in [2.45, 2.75) is 19.3 Å². The van der Waals surface area contributed by atoms with E-state index in [2.05, 4.69) is 9.72 Å². The summed E-state index contributed by atoms with van der Waals surface area (Å²) >= 11 is 0. The topological polar surface area (TPSA) is 65.2 Å². The Morgan fingerprint density at radius 1 is 1.44 bits per heavy atom. The Morgan fingerprint density at radius 3 is 2.44 bits per heavy atom. The number of aromatic nitrogens is 1. The molecule has 0 amide bonds. The fraction of sp³-hybridized carbons (Fsp3) is 0.333. The van der Waals surface area contributed by atoms with Gasteiger partial charge in [0.15, 0.2) is 12.0 Å². The van der Waals surface area contributed by atoms with E-state index in [0.29, 0.717) is 6.20 Å². The zero-order valence-electron chi connectivity index (χ0n) is 8.67. The average Bonchev–Trinajstić information content (AvgIpc) is 2.25. The van der Waals surface area contributed by atoms with Crippen molar-refractivity contribution >= 4 is 6.29 Å². The molecule has 9 heteroatoms. The van der Waals surface area contributed by atoms with E-state index < -0.39 is 41.9 Å². The van der Waals surface area contributed by atoms with E-state index in [1.165, 1.54) is 0 Å². The van der Waals surface area contributed by atoms with Crippen molar-refractivity contribution in [1.82, 2.24) is 4.98 Å². The van der Waals surface area contributed by atoms with Gasteiger partial charge in [0, 0.05) is 17.7 Å². The molecule has 0 fully saturated rings. The second kappa shape index (κ2) is 5.25. The molecule has 0 bridgehead atoms. The summed E-state index contributed by atoms with van der Waals surface area (Å²) in [5.41, 5.74) is 3.05. The molecule has 0 aliphatic carbocycles. The van der Waals surface area contributed by atoms with Crippen LogP contribution in [-0.4, -0.2) is 17.6 Å². The Kier molecular flexibility index (Phi) is 4.17. The van der Waals surface area contributed by atoms with Gasteiger partial charge in [0.25, 0.3) is 6.43 Å². The normalized spacial score (nSPS) is 11.7. The number of rotatable bonds is 4. The van der Waals surface area contributed by atoms with E-state index in [1.807, 2.05) is 0 Å². The van der Waals surface area contributed by atoms with Crippen LogP contribution in [0.1, 0.15) is 28.0 Å². The lowest BCUT2D eigenvalue weighted by Crippen LogP contribution is -2.20. The number of carbonyl (C=O) groups excluding carboxylic acids is 1. The number of halogens is 5. The molecule has 4 nitrogen and oxygen atoms in total. The van der Waals surface area contributed by atoms with Gasteiger partial charge < -0.3 is 10.5 Å². The number of alkyl halides is 5. The maximum absolute atomic E-state index is 12.5. The van der Waals surface area contributed by atoms with E-state index in [-0.39, 0.29) is 6.29 Å². The summed E-state index contributed by atoms with van der Waals surface area (Å²) in [6.45, 7) is -0.568. The Balaban J connectivity index is 3.35. The third-order valence-corrected chi connectivity index (χ3v) is 1.97. The lowest BCUT2D eigenvalue weighted by Gasteiger charge is -2.15. The van der Waals surface area contributed by atoms with Gasteiger partial charge in [-0.1, -0.05) is 0 Å². The molecule has 1 aromatic heterocycles. The summed E-state index contributed by atoms with van der Waals surface area (Å²) in [6.07, 6.45) is -7.70. The Bertz CT molecular complexity index is 447. The van der Waals surface area contributed by atoms with Crippen LogP contribution in [0.15, 0.2) is 6.20 Å². The molecular weight excluding hydrogens is 263 g/mol. The summed E-state index contributed by atoms with van der Waals surface area (Å²) in [4.78, 5) is 13.7. The molecule has 0 saturated heterocycles. The molecule has 0 saturated carbocycles. The van der Waals surface area contributed by atoms with Crippen molar-refractivity contribution in [2.75, 3.05) is 0 Å². The van der Waals surface area contributed by atoms with Crippen LogP contribution in [0.5, 0.6) is 5.75 Å². The van der Waals surface area contributed by atoms with Gasteiger partial charge in [0.2, 0.25) is 0 Å². The van der Waals surface area contributed by atoms with Gasteiger partial charge in [0.05, 0.1) is 6.20 Å². The van der Waals surface area contributed by atoms with E-state index in [4.69, 9.17) is 5.73 Å². The third kappa shape index (κ3) is 3.13. The van der Waals surface area contributed by atoms with Gasteiger partial charge >= 0.3 is 6.36 Å². The molecule has 1 aromatic rings. The number of hydrogen-bond acceptors (Lipinski definition) is 4. The smallest absolute Gasteiger partial charge is 0.404 e. The molecule has 1 heterocycles. The number of nitrogens with zero attached hydrogens (tertiary/aromatic N) is 1. The zero-order chi connectivity index (χ0) is 13.9. The van der Waals surface area contributed by atoms with E-state index in [1.54, 1.807) is 0 Å². The molecule has 1 rings (SSSR count). The van der Waals surface area contributed by atoms with E-state index in [0.717, 1.165) is 0 Å². The third-order valence-electron chi connectivity index (χ3n) is 1.97. The van der Waals surface area contributed by atoms with Gasteiger partial charge in [-0.25, -0.2) is 8.78 Å². The highest BCUT2D eigenvalue weighted by Gasteiger charge is 2.33. The molecule has 0 spiro atoms. The highest BCUT2D eigenvalue weighted by molar-refractivity contribution is 5.80. The van der Waals surface area contributed by atoms with Crippen LogP contribution in [0.2, 0.25) is 0 Å². The minimum absolute atomic E-state index is 0.0279. The van der Waals surface area contributed by atoms with Crippen LogP contribution in [-0.2, 0) is 6.54 Å². The summed E-state index contributed by atoms with van der Waals surface area (Å²) in [6, 6.07) is 0. The van der Waals surface area contributed by atoms with Crippen LogP contribution < -0.4 is 10.5 Å². The Hall–Kier alpha value is -1.77. The molecule has 2 N–H and O–H groups in total. The number of carbonyl (C=O) groups is 1. The number of ether oxygens (including phenoxy) is 1. The molecule has 0 unspecified atom stereocenters. The van der Waals surface area contributed by atoms with E-state index >= 15 is 0 Å². The molecule has 0 aliphatic rings. The van der Waals surface area contributed by atoms with Gasteiger partial charge in [0.1, 0.15) is 5.69 Å². The largest absolute Gasteiger partial charge is 0.573 e. The number of aldehydes is 1. The van der Waals surface area contributed by atoms with Crippen LogP contribution in [0, 0.1) is 0 Å². The second-order valence-electron chi connectivity index (χ2n) is 3.07. The number of pyridine rings is 1. The highest BCUT2D eigenvalue weighted by Crippen LogP contribution is 2.31. The van der Waals surface area contributed by atoms with Crippen LogP contribution in [0.25, 0.3) is 0 Å². The monoisotopic (exact) mass is 270 g/mol. The summed E-state index contributed by atoms with van der Waals surface area (Å²) < 4.78 is 64.6. The van der Waals surface area contributed by atoms with Gasteiger partial charge in [-0.15, -0.1) is 13.2 Å². The quantitative estimate of drug-likeness (QED) is 0.672. The van der Waals surface area contributed by atoms with Crippen molar-refractivity contribution in [3.05, 3.63) is 23.0 Å². The molecule has 0 aromatic carbocycles. The predicted octanol–water partition coefficient (Wildman–Crippen LogP) is 2.19. The average molecular weight is 270 g/mol. The second-order valence-corrected chi connectivity index (χ2v) is 3.07. The first kappa shape index (κ1) is 14.3. The molecule has 0 radical (unpaired) electrons. The van der Waals surface area contributed by atoms with Gasteiger partial charge in [-0.05, 0) is 0 Å². The first-order chi connectivity index (χ1) is 8.30. The zero-order valence-corrected chi connectivity index (χ0v) is 8.67. The first-order valence-corrected chi connectivity index (χ1v) is 4.51. The van der Waals surface area contributed by atoms with Crippen molar-refractivity contribution < 1.29 is 31.5 Å². The first-order valence-electron chi connectivity index (χ1n) is 4.51. The predicted molar refractivity (Wildman–Crippen MR) is 49.2 cm³/mol. The minimum atomic E-state index is -5.03. The lowest BCUT2D eigenvalue weighted by atomic mass is 10.1. The fourth-order valence-corrected chi connectivity index (χ4v) is 1.29. The van der Waals surface area contributed by atoms with Gasteiger partial charge in [-0.2, -0.15) is 0 Å². The highest BCUT2D eigenvalue weighted by atomic mass is 19.4. The van der Waals surface area contributed by atoms with Crippen molar-refractivity contribution in [3.63, 3.8) is 0 Å². The van der Waals surface area contributed by atoms with Crippen molar-refractivity contribution in [3.8, 4) is 5.75 Å². The SMILES string of the molecule is NCc1c(OC(F)(F)F)cnc(C(F)F)c1C=O. The molecule has 18 heavy (non-hydrogen) atoms. The van der Waals surface area contributed by atoms with Crippen molar-refractivity contribution in [1.29, 1.82) is 0 Å². The van der Waals surface area contributed by atoms with Gasteiger partial charge in [-0.3, -0.25) is 9.78 Å². The molecule has 100 valence electrons. The lowest BCUT2D eigenvalue weighted by molar-refractivity contribution is -0.275. The summed E-state index contributed by atoms with van der Waals surface area (Å²) in [5.74, 6) is -0.864. The maximum Gasteiger partial charge on any atom is 0.573 e. The van der Waals surface area contributed by atoms with Crippen molar-refractivity contribution in [2.24, 2.45) is 5.73 Å². The molecule has 0 aliphatic heterocycles. The summed E-state index contributed by atoms with van der Waals surface area (Å²) in [7, 11) is 0. The minimum Gasteiger partial charge on any atom is -0.404 e. The van der Waals surface area contributed by atoms with E-state index in [9.17, 15) is 26.7 Å². The Labute approximate surface area is 97.6 Å². The van der Waals surface area contributed by atoms with Crippen LogP contribution in [0.4, 0.5) is 22.0 Å². The number of nitrogens with two attached hydrogens (primary N) is 1. The van der Waals surface area contributed by atoms with Crippen LogP contribution >= 0.6 is 0 Å². The molecule has 0 atom stereocenters. The van der Waals surface area contributed by atoms with Crippen LogP contribution in [0.3, 0.4) is 0 Å². The maximum atomic E-state index is 12.5. The molecular formula is C9H7F5N2O2.